The van der Waals surface area contributed by atoms with Crippen molar-refractivity contribution in [2.24, 2.45) is 0 Å². The molecule has 20 heavy (non-hydrogen) atoms. The topological polar surface area (TPSA) is 54.5 Å². The lowest BCUT2D eigenvalue weighted by Gasteiger charge is -2.28. The third-order valence-electron chi connectivity index (χ3n) is 3.58. The van der Waals surface area contributed by atoms with Gasteiger partial charge in [-0.3, -0.25) is 4.79 Å². The fraction of sp³-hybridized carbons (Fsp3) is 0.400. The number of amides is 1. The molecular formula is C15H19NO3S. The van der Waals surface area contributed by atoms with Gasteiger partial charge in [0.25, 0.3) is 0 Å². The summed E-state index contributed by atoms with van der Waals surface area (Å²) in [6, 6.07) is 5.35. The van der Waals surface area contributed by atoms with E-state index in [1.54, 1.807) is 17.9 Å². The van der Waals surface area contributed by atoms with Crippen LogP contribution >= 0.6 is 0 Å². The Balaban J connectivity index is 2.41. The lowest BCUT2D eigenvalue weighted by atomic mass is 10.1. The standard InChI is InChI=1S/C15H19NO3S/c1-4-15(17)16(14-7-8-20(18,19)10-14)13-6-5-11(2)12(3)9-13/h5-9,14H,4,10H2,1-3H3. The number of aryl methyl sites for hydroxylation is 2. The molecule has 0 bridgehead atoms. The molecule has 1 aromatic rings. The zero-order chi connectivity index (χ0) is 14.9. The van der Waals surface area contributed by atoms with Gasteiger partial charge in [0.2, 0.25) is 5.91 Å². The summed E-state index contributed by atoms with van der Waals surface area (Å²) < 4.78 is 23.2. The Morgan fingerprint density at radius 1 is 1.30 bits per heavy atom. The number of hydrogen-bond donors (Lipinski definition) is 0. The van der Waals surface area contributed by atoms with Crippen LogP contribution in [0.5, 0.6) is 0 Å². The first-order valence-corrected chi connectivity index (χ1v) is 8.36. The number of rotatable bonds is 3. The van der Waals surface area contributed by atoms with Gasteiger partial charge in [-0.05, 0) is 43.2 Å². The second-order valence-corrected chi connectivity index (χ2v) is 7.04. The van der Waals surface area contributed by atoms with Crippen molar-refractivity contribution in [3.8, 4) is 0 Å². The van der Waals surface area contributed by atoms with E-state index in [-0.39, 0.29) is 11.7 Å². The van der Waals surface area contributed by atoms with Crippen LogP contribution in [0.2, 0.25) is 0 Å². The van der Waals surface area contributed by atoms with E-state index in [4.69, 9.17) is 0 Å². The number of hydrogen-bond acceptors (Lipinski definition) is 3. The Morgan fingerprint density at radius 2 is 2.00 bits per heavy atom. The second-order valence-electron chi connectivity index (χ2n) is 5.11. The summed E-state index contributed by atoms with van der Waals surface area (Å²) in [5.74, 6) is -0.105. The van der Waals surface area contributed by atoms with Crippen LogP contribution in [0.1, 0.15) is 24.5 Å². The van der Waals surface area contributed by atoms with Crippen LogP contribution in [0, 0.1) is 13.8 Å². The first-order valence-electron chi connectivity index (χ1n) is 6.64. The van der Waals surface area contributed by atoms with Crippen LogP contribution in [0.3, 0.4) is 0 Å². The van der Waals surface area contributed by atoms with E-state index in [9.17, 15) is 13.2 Å². The van der Waals surface area contributed by atoms with E-state index < -0.39 is 15.9 Å². The van der Waals surface area contributed by atoms with Crippen LogP contribution in [-0.2, 0) is 14.6 Å². The summed E-state index contributed by atoms with van der Waals surface area (Å²) in [5, 5.41) is 1.20. The number of benzene rings is 1. The molecule has 0 spiro atoms. The predicted octanol–water partition coefficient (Wildman–Crippen LogP) is 2.36. The molecule has 1 amide bonds. The maximum atomic E-state index is 12.2. The van der Waals surface area contributed by atoms with E-state index in [1.807, 2.05) is 32.0 Å². The zero-order valence-electron chi connectivity index (χ0n) is 12.0. The Morgan fingerprint density at radius 3 is 2.50 bits per heavy atom. The zero-order valence-corrected chi connectivity index (χ0v) is 12.8. The maximum Gasteiger partial charge on any atom is 0.227 e. The van der Waals surface area contributed by atoms with Crippen molar-refractivity contribution in [1.29, 1.82) is 0 Å². The van der Waals surface area contributed by atoms with Crippen molar-refractivity contribution >= 4 is 21.4 Å². The summed E-state index contributed by atoms with van der Waals surface area (Å²) in [5.41, 5.74) is 2.99. The van der Waals surface area contributed by atoms with Gasteiger partial charge in [0.1, 0.15) is 0 Å². The molecule has 4 nitrogen and oxygen atoms in total. The minimum Gasteiger partial charge on any atom is -0.304 e. The molecule has 0 radical (unpaired) electrons. The molecule has 1 unspecified atom stereocenters. The summed E-state index contributed by atoms with van der Waals surface area (Å²) >= 11 is 0. The molecular weight excluding hydrogens is 274 g/mol. The molecule has 0 saturated heterocycles. The van der Waals surface area contributed by atoms with Crippen molar-refractivity contribution in [2.75, 3.05) is 10.7 Å². The number of nitrogens with zero attached hydrogens (tertiary/aromatic N) is 1. The summed E-state index contributed by atoms with van der Waals surface area (Å²) in [6.07, 6.45) is 1.94. The summed E-state index contributed by atoms with van der Waals surface area (Å²) in [4.78, 5) is 13.8. The minimum atomic E-state index is -3.18. The van der Waals surface area contributed by atoms with E-state index in [1.165, 1.54) is 5.41 Å². The van der Waals surface area contributed by atoms with E-state index in [0.717, 1.165) is 16.8 Å². The molecule has 1 aliphatic heterocycles. The van der Waals surface area contributed by atoms with Crippen molar-refractivity contribution in [3.05, 3.63) is 40.8 Å². The van der Waals surface area contributed by atoms with Gasteiger partial charge in [0.05, 0.1) is 11.8 Å². The van der Waals surface area contributed by atoms with Gasteiger partial charge in [-0.15, -0.1) is 0 Å². The molecule has 1 aliphatic rings. The highest BCUT2D eigenvalue weighted by Gasteiger charge is 2.30. The largest absolute Gasteiger partial charge is 0.304 e. The van der Waals surface area contributed by atoms with E-state index in [2.05, 4.69) is 0 Å². The highest BCUT2D eigenvalue weighted by Crippen LogP contribution is 2.25. The van der Waals surface area contributed by atoms with Gasteiger partial charge in [-0.25, -0.2) is 8.42 Å². The number of anilines is 1. The molecule has 108 valence electrons. The Labute approximate surface area is 120 Å². The molecule has 0 N–H and O–H groups in total. The Bertz CT molecular complexity index is 662. The fourth-order valence-electron chi connectivity index (χ4n) is 2.29. The highest BCUT2D eigenvalue weighted by atomic mass is 32.2. The van der Waals surface area contributed by atoms with E-state index in [0.29, 0.717) is 6.42 Å². The normalized spacial score (nSPS) is 20.1. The second kappa shape index (κ2) is 5.40. The Kier molecular flexibility index (Phi) is 3.99. The lowest BCUT2D eigenvalue weighted by molar-refractivity contribution is -0.118. The fourth-order valence-corrected chi connectivity index (χ4v) is 3.55. The lowest BCUT2D eigenvalue weighted by Crippen LogP contribution is -2.40. The average Bonchev–Trinajstić information content (AvgIpc) is 2.74. The van der Waals surface area contributed by atoms with Crippen LogP contribution in [0.25, 0.3) is 0 Å². The molecule has 0 saturated carbocycles. The Hall–Kier alpha value is -1.62. The van der Waals surface area contributed by atoms with Crippen LogP contribution in [-0.4, -0.2) is 26.1 Å². The van der Waals surface area contributed by atoms with Crippen LogP contribution in [0.4, 0.5) is 5.69 Å². The van der Waals surface area contributed by atoms with Gasteiger partial charge in [0, 0.05) is 17.5 Å². The maximum absolute atomic E-state index is 12.2. The number of carbonyl (C=O) groups is 1. The van der Waals surface area contributed by atoms with Crippen LogP contribution < -0.4 is 4.90 Å². The molecule has 2 rings (SSSR count). The molecule has 5 heteroatoms. The highest BCUT2D eigenvalue weighted by molar-refractivity contribution is 7.94. The first kappa shape index (κ1) is 14.8. The van der Waals surface area contributed by atoms with Gasteiger partial charge >= 0.3 is 0 Å². The minimum absolute atomic E-state index is 0.0360. The molecule has 1 atom stereocenters. The molecule has 1 heterocycles. The van der Waals surface area contributed by atoms with Gasteiger partial charge in [-0.2, -0.15) is 0 Å². The summed E-state index contributed by atoms with van der Waals surface area (Å²) in [7, 11) is -3.18. The molecule has 0 fully saturated rings. The van der Waals surface area contributed by atoms with Gasteiger partial charge < -0.3 is 4.90 Å². The number of carbonyl (C=O) groups excluding carboxylic acids is 1. The number of sulfone groups is 1. The average molecular weight is 293 g/mol. The predicted molar refractivity (Wildman–Crippen MR) is 80.4 cm³/mol. The molecule has 1 aromatic carbocycles. The monoisotopic (exact) mass is 293 g/mol. The van der Waals surface area contributed by atoms with Crippen molar-refractivity contribution < 1.29 is 13.2 Å². The van der Waals surface area contributed by atoms with E-state index >= 15 is 0 Å². The quantitative estimate of drug-likeness (QED) is 0.859. The SMILES string of the molecule is CCC(=O)N(c1ccc(C)c(C)c1)C1C=CS(=O)(=O)C1. The van der Waals surface area contributed by atoms with Crippen molar-refractivity contribution in [3.63, 3.8) is 0 Å². The van der Waals surface area contributed by atoms with Crippen molar-refractivity contribution in [1.82, 2.24) is 0 Å². The summed E-state index contributed by atoms with van der Waals surface area (Å²) in [6.45, 7) is 5.77. The van der Waals surface area contributed by atoms with Crippen molar-refractivity contribution in [2.45, 2.75) is 33.2 Å². The van der Waals surface area contributed by atoms with Gasteiger partial charge in [-0.1, -0.05) is 13.0 Å². The molecule has 0 aromatic heterocycles. The third-order valence-corrected chi connectivity index (χ3v) is 4.96. The van der Waals surface area contributed by atoms with Crippen LogP contribution in [0.15, 0.2) is 29.7 Å². The smallest absolute Gasteiger partial charge is 0.227 e. The third kappa shape index (κ3) is 2.93. The van der Waals surface area contributed by atoms with Gasteiger partial charge in [0.15, 0.2) is 9.84 Å². The first-order chi connectivity index (χ1) is 9.34. The molecule has 0 aliphatic carbocycles.